The molecule has 1 fully saturated rings. The maximum Gasteiger partial charge on any atom is 0.258 e. The molecular weight excluding hydrogens is 384 g/mol. The van der Waals surface area contributed by atoms with Crippen LogP contribution in [0.4, 0.5) is 0 Å². The fourth-order valence-corrected chi connectivity index (χ4v) is 4.97. The van der Waals surface area contributed by atoms with Crippen LogP contribution < -0.4 is 15.8 Å². The number of nitrogens with zero attached hydrogens (tertiary/aromatic N) is 1. The number of nitrogens with one attached hydrogen (secondary N) is 3. The predicted octanol–water partition coefficient (Wildman–Crippen LogP) is 1.84. The minimum atomic E-state index is -0.123. The molecule has 3 heterocycles. The van der Waals surface area contributed by atoms with Crippen LogP contribution in [0.2, 0.25) is 0 Å². The van der Waals surface area contributed by atoms with Crippen molar-refractivity contribution in [3.63, 3.8) is 0 Å². The van der Waals surface area contributed by atoms with Crippen molar-refractivity contribution in [3.05, 3.63) is 62.8 Å². The highest BCUT2D eigenvalue weighted by Gasteiger charge is 2.28. The van der Waals surface area contributed by atoms with E-state index in [2.05, 4.69) is 32.8 Å². The van der Waals surface area contributed by atoms with Crippen molar-refractivity contribution in [3.8, 4) is 0 Å². The summed E-state index contributed by atoms with van der Waals surface area (Å²) in [5.74, 6) is 0.702. The number of para-hydroxylation sites is 1. The van der Waals surface area contributed by atoms with Crippen LogP contribution in [0.3, 0.4) is 0 Å². The summed E-state index contributed by atoms with van der Waals surface area (Å²) in [7, 11) is 0. The molecule has 1 saturated heterocycles. The van der Waals surface area contributed by atoms with E-state index in [1.54, 1.807) is 22.3 Å². The average molecular weight is 412 g/mol. The molecular formula is C22H27N4O2S+. The van der Waals surface area contributed by atoms with Crippen LogP contribution in [0.25, 0.3) is 10.9 Å². The lowest BCUT2D eigenvalue weighted by atomic mass is 10.2. The first-order valence-electron chi connectivity index (χ1n) is 10.3. The number of amides is 1. The number of quaternary nitrogens is 1. The monoisotopic (exact) mass is 411 g/mol. The van der Waals surface area contributed by atoms with Crippen molar-refractivity contribution in [1.82, 2.24) is 15.3 Å². The highest BCUT2D eigenvalue weighted by Crippen LogP contribution is 2.17. The Morgan fingerprint density at radius 3 is 2.83 bits per heavy atom. The fraction of sp³-hybridized carbons (Fsp3) is 0.409. The van der Waals surface area contributed by atoms with E-state index < -0.39 is 0 Å². The van der Waals surface area contributed by atoms with E-state index in [-0.39, 0.29) is 11.5 Å². The molecule has 1 aliphatic heterocycles. The van der Waals surface area contributed by atoms with E-state index >= 15 is 0 Å². The molecule has 0 bridgehead atoms. The number of carbonyl (C=O) groups is 1. The molecule has 1 aromatic carbocycles. The van der Waals surface area contributed by atoms with Gasteiger partial charge in [0.15, 0.2) is 0 Å². The highest BCUT2D eigenvalue weighted by molar-refractivity contribution is 7.10. The molecule has 3 N–H and O–H groups in total. The van der Waals surface area contributed by atoms with Crippen LogP contribution in [0, 0.1) is 0 Å². The summed E-state index contributed by atoms with van der Waals surface area (Å²) in [5.41, 5.74) is 0.575. The number of carbonyl (C=O) groups excluding carboxylic acids is 1. The first-order chi connectivity index (χ1) is 14.2. The first-order valence-corrected chi connectivity index (χ1v) is 11.2. The molecule has 1 amide bonds. The van der Waals surface area contributed by atoms with Crippen molar-refractivity contribution in [1.29, 1.82) is 0 Å². The molecule has 2 aromatic heterocycles. The van der Waals surface area contributed by atoms with Crippen LogP contribution in [-0.2, 0) is 11.2 Å². The van der Waals surface area contributed by atoms with Gasteiger partial charge in [-0.15, -0.1) is 11.3 Å². The topological polar surface area (TPSA) is 79.3 Å². The molecule has 7 heteroatoms. The van der Waals surface area contributed by atoms with Crippen molar-refractivity contribution in [2.75, 3.05) is 19.6 Å². The number of thiophene rings is 1. The largest absolute Gasteiger partial charge is 0.350 e. The Labute approximate surface area is 174 Å². The predicted molar refractivity (Wildman–Crippen MR) is 115 cm³/mol. The van der Waals surface area contributed by atoms with Gasteiger partial charge in [0.25, 0.3) is 5.56 Å². The molecule has 6 nitrogen and oxygen atoms in total. The number of aromatic amines is 1. The number of H-pyrrole nitrogens is 1. The van der Waals surface area contributed by atoms with Crippen molar-refractivity contribution in [2.45, 2.75) is 38.1 Å². The summed E-state index contributed by atoms with van der Waals surface area (Å²) >= 11 is 1.77. The Morgan fingerprint density at radius 1 is 1.21 bits per heavy atom. The Bertz CT molecular complexity index is 1010. The SMILES string of the molecule is O=C(CCCc1nc2ccccc2c(=O)[nH]1)NC[C@@H](c1cccs1)[NH+]1CCCC1. The van der Waals surface area contributed by atoms with Gasteiger partial charge in [0.1, 0.15) is 11.9 Å². The average Bonchev–Trinajstić information content (AvgIpc) is 3.43. The number of fused-ring (bicyclic) bond motifs is 1. The summed E-state index contributed by atoms with van der Waals surface area (Å²) in [5, 5.41) is 5.83. The molecule has 3 aromatic rings. The Kier molecular flexibility index (Phi) is 6.36. The van der Waals surface area contributed by atoms with Gasteiger partial charge in [0, 0.05) is 25.7 Å². The zero-order chi connectivity index (χ0) is 20.1. The number of hydrogen-bond donors (Lipinski definition) is 3. The molecule has 1 atom stereocenters. The third kappa shape index (κ3) is 4.92. The van der Waals surface area contributed by atoms with Crippen LogP contribution in [-0.4, -0.2) is 35.5 Å². The van der Waals surface area contributed by atoms with E-state index in [4.69, 9.17) is 0 Å². The van der Waals surface area contributed by atoms with Crippen molar-refractivity contribution < 1.29 is 9.69 Å². The van der Waals surface area contributed by atoms with Crippen molar-refractivity contribution in [2.24, 2.45) is 0 Å². The standard InChI is InChI=1S/C22H26N4O2S/c27-21(23-15-18(19-9-6-14-29-19)26-12-3-4-13-26)11-5-10-20-24-17-8-2-1-7-16(17)22(28)25-20/h1-2,6-9,14,18H,3-5,10-13,15H2,(H,23,27)(H,24,25,28)/p+1/t18-/m0/s1. The van der Waals surface area contributed by atoms with E-state index in [1.165, 1.54) is 30.8 Å². The third-order valence-corrected chi connectivity index (χ3v) is 6.59. The molecule has 0 aliphatic carbocycles. The van der Waals surface area contributed by atoms with Crippen LogP contribution in [0.1, 0.15) is 42.4 Å². The number of benzene rings is 1. The zero-order valence-corrected chi connectivity index (χ0v) is 17.3. The van der Waals surface area contributed by atoms with Crippen molar-refractivity contribution >= 4 is 28.1 Å². The van der Waals surface area contributed by atoms with Gasteiger partial charge in [-0.2, -0.15) is 0 Å². The lowest BCUT2D eigenvalue weighted by Gasteiger charge is -2.24. The Morgan fingerprint density at radius 2 is 2.03 bits per heavy atom. The number of rotatable bonds is 8. The highest BCUT2D eigenvalue weighted by atomic mass is 32.1. The third-order valence-electron chi connectivity index (χ3n) is 5.61. The smallest absolute Gasteiger partial charge is 0.258 e. The molecule has 1 aliphatic rings. The van der Waals surface area contributed by atoms with Gasteiger partial charge in [-0.1, -0.05) is 18.2 Å². The van der Waals surface area contributed by atoms with E-state index in [1.807, 2.05) is 18.2 Å². The van der Waals surface area contributed by atoms with E-state index in [9.17, 15) is 9.59 Å². The minimum absolute atomic E-state index is 0.0632. The summed E-state index contributed by atoms with van der Waals surface area (Å²) in [6.45, 7) is 3.04. The summed E-state index contributed by atoms with van der Waals surface area (Å²) < 4.78 is 0. The second-order valence-electron chi connectivity index (χ2n) is 7.62. The van der Waals surface area contributed by atoms with Gasteiger partial charge in [-0.05, 0) is 30.0 Å². The van der Waals surface area contributed by atoms with Gasteiger partial charge >= 0.3 is 0 Å². The zero-order valence-electron chi connectivity index (χ0n) is 16.4. The molecule has 0 spiro atoms. The van der Waals surface area contributed by atoms with Gasteiger partial charge in [0.05, 0.1) is 35.4 Å². The number of likely N-dealkylation sites (tertiary alicyclic amines) is 1. The molecule has 0 unspecified atom stereocenters. The summed E-state index contributed by atoms with van der Waals surface area (Å²) in [4.78, 5) is 34.8. The van der Waals surface area contributed by atoms with Gasteiger partial charge in [-0.25, -0.2) is 4.98 Å². The Hall–Kier alpha value is -2.51. The second-order valence-corrected chi connectivity index (χ2v) is 8.60. The molecule has 4 rings (SSSR count). The number of aromatic nitrogens is 2. The van der Waals surface area contributed by atoms with Crippen LogP contribution in [0.15, 0.2) is 46.6 Å². The molecule has 0 saturated carbocycles. The lowest BCUT2D eigenvalue weighted by molar-refractivity contribution is -0.918. The lowest BCUT2D eigenvalue weighted by Crippen LogP contribution is -3.11. The summed E-state index contributed by atoms with van der Waals surface area (Å²) in [6, 6.07) is 11.9. The minimum Gasteiger partial charge on any atom is -0.350 e. The van der Waals surface area contributed by atoms with E-state index in [0.717, 1.165) is 0 Å². The fourth-order valence-electron chi connectivity index (χ4n) is 4.09. The van der Waals surface area contributed by atoms with Crippen LogP contribution >= 0.6 is 11.3 Å². The first kappa shape index (κ1) is 19.8. The maximum atomic E-state index is 12.4. The molecule has 152 valence electrons. The second kappa shape index (κ2) is 9.33. The van der Waals surface area contributed by atoms with Gasteiger partial charge in [0.2, 0.25) is 5.91 Å². The quantitative estimate of drug-likeness (QED) is 0.529. The number of aryl methyl sites for hydroxylation is 1. The van der Waals surface area contributed by atoms with E-state index in [0.29, 0.717) is 48.6 Å². The Balaban J connectivity index is 1.29. The number of hydrogen-bond acceptors (Lipinski definition) is 4. The van der Waals surface area contributed by atoms with Gasteiger partial charge in [-0.3, -0.25) is 9.59 Å². The molecule has 29 heavy (non-hydrogen) atoms. The normalized spacial score (nSPS) is 15.6. The van der Waals surface area contributed by atoms with Crippen LogP contribution in [0.5, 0.6) is 0 Å². The maximum absolute atomic E-state index is 12.4. The molecule has 0 radical (unpaired) electrons. The summed E-state index contributed by atoms with van der Waals surface area (Å²) in [6.07, 6.45) is 4.21. The van der Waals surface area contributed by atoms with Gasteiger partial charge < -0.3 is 15.2 Å².